The Morgan fingerprint density at radius 2 is 0.767 bits per heavy atom. The van der Waals surface area contributed by atoms with E-state index < -0.39 is 0 Å². The molecule has 0 fully saturated rings. The van der Waals surface area contributed by atoms with Crippen molar-refractivity contribution in [3.8, 4) is 78.7 Å². The zero-order valence-electron chi connectivity index (χ0n) is 33.3. The summed E-state index contributed by atoms with van der Waals surface area (Å²) in [5.74, 6) is 1.85. The molecule has 4 heteroatoms. The minimum absolute atomic E-state index is 0.600. The van der Waals surface area contributed by atoms with Crippen LogP contribution in [0.1, 0.15) is 11.1 Å². The predicted octanol–water partition coefficient (Wildman–Crippen LogP) is 15.0. The smallest absolute Gasteiger partial charge is 0.194 e. The zero-order chi connectivity index (χ0) is 40.6. The molecule has 0 aliphatic carbocycles. The van der Waals surface area contributed by atoms with Gasteiger partial charge >= 0.3 is 0 Å². The summed E-state index contributed by atoms with van der Waals surface area (Å²) in [5.41, 5.74) is 14.1. The van der Waals surface area contributed by atoms with Gasteiger partial charge in [0.15, 0.2) is 23.2 Å². The van der Waals surface area contributed by atoms with Gasteiger partial charge in [-0.1, -0.05) is 181 Å². The highest BCUT2D eigenvalue weighted by atomic mass is 15.0. The fraction of sp³-hybridized carbons (Fsp3) is 0.0357. The fourth-order valence-corrected chi connectivity index (χ4v) is 7.99. The van der Waals surface area contributed by atoms with Crippen molar-refractivity contribution >= 4 is 27.2 Å². The molecule has 1 heterocycles. The maximum absolute atomic E-state index is 8.11. The van der Waals surface area contributed by atoms with Crippen LogP contribution in [-0.4, -0.2) is 15.0 Å². The van der Waals surface area contributed by atoms with E-state index in [2.05, 4.69) is 189 Å². The van der Waals surface area contributed by atoms with E-state index in [1.54, 1.807) is 0 Å². The third kappa shape index (κ3) is 7.10. The van der Waals surface area contributed by atoms with Crippen LogP contribution < -0.4 is 0 Å². The average Bonchev–Trinajstić information content (AvgIpc) is 3.31. The van der Waals surface area contributed by atoms with E-state index in [1.165, 1.54) is 38.2 Å². The number of aryl methyl sites for hydroxylation is 2. The van der Waals surface area contributed by atoms with Crippen LogP contribution in [0.3, 0.4) is 0 Å². The molecular weight excluding hydrogens is 729 g/mol. The normalized spacial score (nSPS) is 11.2. The van der Waals surface area contributed by atoms with Crippen LogP contribution in [0.2, 0.25) is 0 Å². The molecule has 0 atom stereocenters. The summed E-state index contributed by atoms with van der Waals surface area (Å²) < 4.78 is 0. The number of hydrogen-bond donors (Lipinski definition) is 0. The summed E-state index contributed by atoms with van der Waals surface area (Å²) in [6.45, 7) is 12.3. The molecule has 282 valence electrons. The Balaban J connectivity index is 0.995. The van der Waals surface area contributed by atoms with E-state index in [9.17, 15) is 0 Å². The van der Waals surface area contributed by atoms with Crippen molar-refractivity contribution in [2.45, 2.75) is 13.8 Å². The quantitative estimate of drug-likeness (QED) is 0.120. The molecule has 0 aliphatic heterocycles. The highest BCUT2D eigenvalue weighted by molar-refractivity contribution is 6.08. The second-order valence-corrected chi connectivity index (χ2v) is 15.3. The molecule has 0 N–H and O–H groups in total. The van der Waals surface area contributed by atoms with Gasteiger partial charge in [-0.2, -0.15) is 0 Å². The van der Waals surface area contributed by atoms with Gasteiger partial charge in [0.1, 0.15) is 0 Å². The Kier molecular flexibility index (Phi) is 9.33. The summed E-state index contributed by atoms with van der Waals surface area (Å²) >= 11 is 0. The number of aromatic nitrogens is 3. The zero-order valence-corrected chi connectivity index (χ0v) is 33.3. The fourth-order valence-electron chi connectivity index (χ4n) is 7.99. The van der Waals surface area contributed by atoms with Gasteiger partial charge in [0.05, 0.1) is 6.57 Å². The van der Waals surface area contributed by atoms with Crippen molar-refractivity contribution in [1.82, 2.24) is 15.0 Å². The van der Waals surface area contributed by atoms with E-state index in [0.29, 0.717) is 23.2 Å². The highest BCUT2D eigenvalue weighted by Crippen LogP contribution is 2.38. The molecule has 0 amide bonds. The van der Waals surface area contributed by atoms with E-state index >= 15 is 0 Å². The molecule has 0 radical (unpaired) electrons. The van der Waals surface area contributed by atoms with E-state index in [-0.39, 0.29) is 0 Å². The molecule has 0 unspecified atom stereocenters. The summed E-state index contributed by atoms with van der Waals surface area (Å²) in [7, 11) is 0. The van der Waals surface area contributed by atoms with Crippen LogP contribution in [0.5, 0.6) is 0 Å². The van der Waals surface area contributed by atoms with Crippen LogP contribution in [0, 0.1) is 20.4 Å². The second kappa shape index (κ2) is 15.4. The first-order valence-electron chi connectivity index (χ1n) is 20.1. The molecule has 0 saturated carbocycles. The molecule has 4 nitrogen and oxygen atoms in total. The van der Waals surface area contributed by atoms with Crippen molar-refractivity contribution in [3.05, 3.63) is 217 Å². The van der Waals surface area contributed by atoms with E-state index in [1.807, 2.05) is 24.3 Å². The monoisotopic (exact) mass is 766 g/mol. The molecule has 10 aromatic rings. The second-order valence-electron chi connectivity index (χ2n) is 15.3. The van der Waals surface area contributed by atoms with Crippen LogP contribution >= 0.6 is 0 Å². The molecule has 10 rings (SSSR count). The van der Waals surface area contributed by atoms with Crippen molar-refractivity contribution < 1.29 is 0 Å². The first kappa shape index (κ1) is 36.3. The minimum atomic E-state index is 0.600. The van der Waals surface area contributed by atoms with Gasteiger partial charge in [-0.3, -0.25) is 0 Å². The van der Waals surface area contributed by atoms with Gasteiger partial charge in [0.25, 0.3) is 0 Å². The largest absolute Gasteiger partial charge is 0.238 e. The number of fused-ring (bicyclic) bond motifs is 3. The van der Waals surface area contributed by atoms with Crippen LogP contribution in [0.15, 0.2) is 194 Å². The Labute approximate surface area is 350 Å². The minimum Gasteiger partial charge on any atom is -0.238 e. The lowest BCUT2D eigenvalue weighted by Gasteiger charge is -2.13. The number of benzene rings is 9. The summed E-state index contributed by atoms with van der Waals surface area (Å²) in [5, 5.41) is 5.00. The van der Waals surface area contributed by atoms with Gasteiger partial charge in [-0.15, -0.1) is 0 Å². The SMILES string of the molecule is [C-]#[N+]c1ccc(-c2cccc(-c3nc(-c4ccc(C)cc4)nc(-c4ccc(C)cc4)n3)c2)cc1-c1cccc(-c2cccc(-c3ccc4c(ccc5ccccc54)c3)c2)c1. The van der Waals surface area contributed by atoms with Crippen molar-refractivity contribution in [1.29, 1.82) is 0 Å². The maximum atomic E-state index is 8.11. The van der Waals surface area contributed by atoms with Crippen LogP contribution in [0.25, 0.3) is 105 Å². The first-order chi connectivity index (χ1) is 29.5. The lowest BCUT2D eigenvalue weighted by Crippen LogP contribution is -2.00. The lowest BCUT2D eigenvalue weighted by atomic mass is 9.93. The van der Waals surface area contributed by atoms with Crippen molar-refractivity contribution in [2.24, 2.45) is 0 Å². The van der Waals surface area contributed by atoms with Gasteiger partial charge in [-0.05, 0) is 104 Å². The Morgan fingerprint density at radius 3 is 1.38 bits per heavy atom. The van der Waals surface area contributed by atoms with Gasteiger partial charge in [0, 0.05) is 16.7 Å². The predicted molar refractivity (Wildman–Crippen MR) is 249 cm³/mol. The molecule has 60 heavy (non-hydrogen) atoms. The Bertz CT molecular complexity index is 3220. The summed E-state index contributed by atoms with van der Waals surface area (Å²) in [6, 6.07) is 67.9. The van der Waals surface area contributed by atoms with Gasteiger partial charge in [0.2, 0.25) is 0 Å². The maximum Gasteiger partial charge on any atom is 0.194 e. The Morgan fingerprint density at radius 1 is 0.333 bits per heavy atom. The third-order valence-electron chi connectivity index (χ3n) is 11.3. The standard InChI is InChI=1S/C56H38N4/c1-36-17-21-39(22-18-36)54-58-55(40-23-19-37(2)20-24-40)60-56(59-54)49-15-8-13-44(34-49)46-28-30-53(57-3)52(35-46)47-14-7-12-43(32-47)41-10-6-11-42(31-41)45-27-29-51-48(33-45)26-25-38-9-4-5-16-50(38)51/h4-35H,1-2H3. The van der Waals surface area contributed by atoms with Crippen LogP contribution in [0.4, 0.5) is 5.69 Å². The number of rotatable bonds is 7. The molecule has 0 spiro atoms. The number of hydrogen-bond acceptors (Lipinski definition) is 3. The van der Waals surface area contributed by atoms with Gasteiger partial charge < -0.3 is 0 Å². The summed E-state index contributed by atoms with van der Waals surface area (Å²) in [6.07, 6.45) is 0. The van der Waals surface area contributed by atoms with Crippen molar-refractivity contribution in [3.63, 3.8) is 0 Å². The molecule has 0 aliphatic rings. The molecule has 0 bridgehead atoms. The average molecular weight is 767 g/mol. The van der Waals surface area contributed by atoms with Crippen LogP contribution in [-0.2, 0) is 0 Å². The summed E-state index contributed by atoms with van der Waals surface area (Å²) in [4.78, 5) is 18.9. The Hall–Kier alpha value is -8.00. The molecule has 9 aromatic carbocycles. The number of nitrogens with zero attached hydrogens (tertiary/aromatic N) is 4. The molecule has 1 aromatic heterocycles. The highest BCUT2D eigenvalue weighted by Gasteiger charge is 2.15. The topological polar surface area (TPSA) is 43.0 Å². The molecule has 0 saturated heterocycles. The van der Waals surface area contributed by atoms with Crippen molar-refractivity contribution in [2.75, 3.05) is 0 Å². The first-order valence-corrected chi connectivity index (χ1v) is 20.1. The molecular formula is C56H38N4. The van der Waals surface area contributed by atoms with E-state index in [0.717, 1.165) is 55.6 Å². The lowest BCUT2D eigenvalue weighted by molar-refractivity contribution is 1.07. The van der Waals surface area contributed by atoms with Gasteiger partial charge in [-0.25, -0.2) is 19.8 Å². The third-order valence-corrected chi connectivity index (χ3v) is 11.3. The van der Waals surface area contributed by atoms with E-state index in [4.69, 9.17) is 21.5 Å².